The topological polar surface area (TPSA) is 54.4 Å². The Morgan fingerprint density at radius 2 is 1.75 bits per heavy atom. The second-order valence-electron chi connectivity index (χ2n) is 3.84. The molecule has 0 heterocycles. The Balaban J connectivity index is 3.02. The van der Waals surface area contributed by atoms with Gasteiger partial charge in [0.2, 0.25) is 0 Å². The average molecular weight is 236 g/mol. The summed E-state index contributed by atoms with van der Waals surface area (Å²) in [6.07, 6.45) is 0. The van der Waals surface area contributed by atoms with Crippen molar-refractivity contribution in [3.8, 4) is 0 Å². The van der Waals surface area contributed by atoms with Crippen LogP contribution in [-0.4, -0.2) is 13.0 Å². The van der Waals surface area contributed by atoms with E-state index in [9.17, 15) is 13.0 Å². The van der Waals surface area contributed by atoms with Crippen molar-refractivity contribution in [3.63, 3.8) is 0 Å². The molecule has 0 radical (unpaired) electrons. The van der Waals surface area contributed by atoms with E-state index in [-0.39, 0.29) is 4.90 Å². The Labute approximate surface area is 94.5 Å². The number of fused-ring (bicyclic) bond motifs is 1. The Morgan fingerprint density at radius 1 is 1.06 bits per heavy atom. The van der Waals surface area contributed by atoms with E-state index in [1.54, 1.807) is 6.07 Å². The summed E-state index contributed by atoms with van der Waals surface area (Å²) in [5, 5.41) is 1.42. The SMILES string of the molecule is Cc1ccc2cccc(S(=O)(=O)O)c2c1C. The first-order chi connectivity index (χ1) is 7.41. The first-order valence-corrected chi connectivity index (χ1v) is 6.31. The summed E-state index contributed by atoms with van der Waals surface area (Å²) in [5.74, 6) is 0. The van der Waals surface area contributed by atoms with Crippen LogP contribution in [0.1, 0.15) is 11.1 Å². The van der Waals surface area contributed by atoms with E-state index >= 15 is 0 Å². The predicted octanol–water partition coefficient (Wildman–Crippen LogP) is 2.70. The van der Waals surface area contributed by atoms with E-state index in [0.29, 0.717) is 5.39 Å². The Bertz CT molecular complexity index is 657. The molecule has 0 aliphatic heterocycles. The third kappa shape index (κ3) is 1.70. The van der Waals surface area contributed by atoms with Crippen molar-refractivity contribution in [2.75, 3.05) is 0 Å². The van der Waals surface area contributed by atoms with Crippen LogP contribution in [0.3, 0.4) is 0 Å². The fourth-order valence-electron chi connectivity index (χ4n) is 1.84. The molecular weight excluding hydrogens is 224 g/mol. The highest BCUT2D eigenvalue weighted by atomic mass is 32.2. The lowest BCUT2D eigenvalue weighted by atomic mass is 10.0. The van der Waals surface area contributed by atoms with Gasteiger partial charge in [-0.1, -0.05) is 24.3 Å². The fourth-order valence-corrected chi connectivity index (χ4v) is 2.62. The summed E-state index contributed by atoms with van der Waals surface area (Å²) in [7, 11) is -4.17. The zero-order valence-corrected chi connectivity index (χ0v) is 9.88. The molecule has 0 amide bonds. The average Bonchev–Trinajstić information content (AvgIpc) is 2.21. The van der Waals surface area contributed by atoms with Gasteiger partial charge in [-0.15, -0.1) is 0 Å². The van der Waals surface area contributed by atoms with Crippen molar-refractivity contribution in [2.45, 2.75) is 18.7 Å². The first kappa shape index (κ1) is 11.1. The van der Waals surface area contributed by atoms with Crippen molar-refractivity contribution >= 4 is 20.9 Å². The molecule has 3 nitrogen and oxygen atoms in total. The van der Waals surface area contributed by atoms with Gasteiger partial charge in [0, 0.05) is 5.39 Å². The third-order valence-corrected chi connectivity index (χ3v) is 3.71. The summed E-state index contributed by atoms with van der Waals surface area (Å²) in [6.45, 7) is 3.77. The van der Waals surface area contributed by atoms with Crippen LogP contribution in [0.4, 0.5) is 0 Å². The zero-order chi connectivity index (χ0) is 11.9. The van der Waals surface area contributed by atoms with Gasteiger partial charge in [0.25, 0.3) is 10.1 Å². The molecule has 2 aromatic carbocycles. The quantitative estimate of drug-likeness (QED) is 0.774. The number of benzene rings is 2. The van der Waals surface area contributed by atoms with Crippen LogP contribution in [0.5, 0.6) is 0 Å². The lowest BCUT2D eigenvalue weighted by Crippen LogP contribution is -2.00. The maximum atomic E-state index is 11.3. The predicted molar refractivity (Wildman–Crippen MR) is 63.2 cm³/mol. The zero-order valence-electron chi connectivity index (χ0n) is 9.06. The van der Waals surface area contributed by atoms with Crippen molar-refractivity contribution in [1.29, 1.82) is 0 Å². The monoisotopic (exact) mass is 236 g/mol. The number of aryl methyl sites for hydroxylation is 2. The smallest absolute Gasteiger partial charge is 0.282 e. The van der Waals surface area contributed by atoms with Gasteiger partial charge in [0.05, 0.1) is 0 Å². The Hall–Kier alpha value is -1.39. The van der Waals surface area contributed by atoms with Crippen LogP contribution >= 0.6 is 0 Å². The lowest BCUT2D eigenvalue weighted by Gasteiger charge is -2.09. The number of hydrogen-bond acceptors (Lipinski definition) is 2. The molecule has 84 valence electrons. The van der Waals surface area contributed by atoms with E-state index in [0.717, 1.165) is 16.5 Å². The van der Waals surface area contributed by atoms with Crippen LogP contribution in [0.15, 0.2) is 35.2 Å². The van der Waals surface area contributed by atoms with Crippen LogP contribution in [0.25, 0.3) is 10.8 Å². The molecule has 0 fully saturated rings. The highest BCUT2D eigenvalue weighted by molar-refractivity contribution is 7.86. The maximum Gasteiger partial charge on any atom is 0.295 e. The number of hydrogen-bond donors (Lipinski definition) is 1. The minimum Gasteiger partial charge on any atom is -0.282 e. The normalized spacial score (nSPS) is 11.9. The van der Waals surface area contributed by atoms with Crippen molar-refractivity contribution in [1.82, 2.24) is 0 Å². The number of rotatable bonds is 1. The van der Waals surface area contributed by atoms with Gasteiger partial charge in [0.1, 0.15) is 4.90 Å². The summed E-state index contributed by atoms with van der Waals surface area (Å²) < 4.78 is 31.7. The molecule has 0 aliphatic rings. The van der Waals surface area contributed by atoms with Crippen LogP contribution in [-0.2, 0) is 10.1 Å². The van der Waals surface area contributed by atoms with Crippen molar-refractivity contribution in [3.05, 3.63) is 41.5 Å². The molecule has 1 N–H and O–H groups in total. The summed E-state index contributed by atoms with van der Waals surface area (Å²) in [5.41, 5.74) is 1.88. The summed E-state index contributed by atoms with van der Waals surface area (Å²) in [4.78, 5) is -0.0220. The maximum absolute atomic E-state index is 11.3. The van der Waals surface area contributed by atoms with Gasteiger partial charge >= 0.3 is 0 Å². The molecule has 2 rings (SSSR count). The van der Waals surface area contributed by atoms with E-state index < -0.39 is 10.1 Å². The molecule has 0 saturated heterocycles. The molecule has 0 atom stereocenters. The minimum absolute atomic E-state index is 0.0220. The molecule has 0 saturated carbocycles. The van der Waals surface area contributed by atoms with Crippen LogP contribution < -0.4 is 0 Å². The van der Waals surface area contributed by atoms with Gasteiger partial charge in [0.15, 0.2) is 0 Å². The minimum atomic E-state index is -4.17. The van der Waals surface area contributed by atoms with E-state index in [4.69, 9.17) is 0 Å². The van der Waals surface area contributed by atoms with E-state index in [1.807, 2.05) is 32.0 Å². The third-order valence-electron chi connectivity index (χ3n) is 2.82. The molecule has 0 spiro atoms. The highest BCUT2D eigenvalue weighted by Crippen LogP contribution is 2.27. The van der Waals surface area contributed by atoms with Gasteiger partial charge in [-0.25, -0.2) is 0 Å². The van der Waals surface area contributed by atoms with Gasteiger partial charge < -0.3 is 0 Å². The molecule has 0 unspecified atom stereocenters. The van der Waals surface area contributed by atoms with E-state index in [2.05, 4.69) is 0 Å². The van der Waals surface area contributed by atoms with Gasteiger partial charge in [-0.2, -0.15) is 8.42 Å². The van der Waals surface area contributed by atoms with Gasteiger partial charge in [-0.05, 0) is 36.4 Å². The second kappa shape index (κ2) is 3.57. The molecule has 0 bridgehead atoms. The first-order valence-electron chi connectivity index (χ1n) is 4.87. The fraction of sp³-hybridized carbons (Fsp3) is 0.167. The standard InChI is InChI=1S/C12H12O3S/c1-8-6-7-10-4-3-5-11(16(13,14)15)12(10)9(8)2/h3-7H,1-2H3,(H,13,14,15). The molecule has 4 heteroatoms. The largest absolute Gasteiger partial charge is 0.295 e. The molecule has 0 aromatic heterocycles. The summed E-state index contributed by atoms with van der Waals surface area (Å²) >= 11 is 0. The highest BCUT2D eigenvalue weighted by Gasteiger charge is 2.15. The Morgan fingerprint density at radius 3 is 2.38 bits per heavy atom. The van der Waals surface area contributed by atoms with Crippen molar-refractivity contribution < 1.29 is 13.0 Å². The Kier molecular flexibility index (Phi) is 2.48. The molecule has 2 aromatic rings. The lowest BCUT2D eigenvalue weighted by molar-refractivity contribution is 0.484. The molecule has 16 heavy (non-hydrogen) atoms. The molecular formula is C12H12O3S. The van der Waals surface area contributed by atoms with E-state index in [1.165, 1.54) is 6.07 Å². The second-order valence-corrected chi connectivity index (χ2v) is 5.23. The summed E-state index contributed by atoms with van der Waals surface area (Å²) in [6, 6.07) is 8.67. The van der Waals surface area contributed by atoms with Crippen molar-refractivity contribution in [2.24, 2.45) is 0 Å². The molecule has 0 aliphatic carbocycles. The van der Waals surface area contributed by atoms with Gasteiger partial charge in [-0.3, -0.25) is 4.55 Å². The van der Waals surface area contributed by atoms with Crippen LogP contribution in [0, 0.1) is 13.8 Å². The van der Waals surface area contributed by atoms with Crippen LogP contribution in [0.2, 0.25) is 0 Å².